The van der Waals surface area contributed by atoms with E-state index in [0.29, 0.717) is 6.61 Å². The molecule has 1 atom stereocenters. The second kappa shape index (κ2) is 6.10. The predicted molar refractivity (Wildman–Crippen MR) is 69.2 cm³/mol. The number of alkyl halides is 1. The van der Waals surface area contributed by atoms with Crippen molar-refractivity contribution in [2.24, 2.45) is 0 Å². The van der Waals surface area contributed by atoms with Crippen molar-refractivity contribution < 1.29 is 9.53 Å². The SMILES string of the molecule is CCOC(=O)C(C)c1ccc(CI)cc1. The molecule has 0 spiro atoms. The average Bonchev–Trinajstić information content (AvgIpc) is 2.28. The van der Waals surface area contributed by atoms with Gasteiger partial charge in [-0.2, -0.15) is 0 Å². The van der Waals surface area contributed by atoms with Crippen LogP contribution >= 0.6 is 22.6 Å². The van der Waals surface area contributed by atoms with Gasteiger partial charge in [0.2, 0.25) is 0 Å². The molecule has 3 heteroatoms. The number of halogens is 1. The van der Waals surface area contributed by atoms with Crippen molar-refractivity contribution in [3.8, 4) is 0 Å². The molecule has 1 aromatic rings. The molecule has 0 bridgehead atoms. The lowest BCUT2D eigenvalue weighted by Crippen LogP contribution is -2.12. The first-order valence-electron chi connectivity index (χ1n) is 5.00. The minimum Gasteiger partial charge on any atom is -0.466 e. The van der Waals surface area contributed by atoms with Crippen molar-refractivity contribution in [3.05, 3.63) is 35.4 Å². The Labute approximate surface area is 104 Å². The maximum Gasteiger partial charge on any atom is 0.313 e. The van der Waals surface area contributed by atoms with Crippen LogP contribution in [0, 0.1) is 0 Å². The van der Waals surface area contributed by atoms with Crippen molar-refractivity contribution in [1.29, 1.82) is 0 Å². The van der Waals surface area contributed by atoms with Gasteiger partial charge in [-0.05, 0) is 25.0 Å². The summed E-state index contributed by atoms with van der Waals surface area (Å²) in [4.78, 5) is 11.5. The molecule has 0 N–H and O–H groups in total. The fourth-order valence-corrected chi connectivity index (χ4v) is 1.81. The summed E-state index contributed by atoms with van der Waals surface area (Å²) in [5, 5.41) is 0. The van der Waals surface area contributed by atoms with Crippen molar-refractivity contribution >= 4 is 28.6 Å². The van der Waals surface area contributed by atoms with E-state index in [0.717, 1.165) is 9.99 Å². The lowest BCUT2D eigenvalue weighted by molar-refractivity contribution is -0.144. The van der Waals surface area contributed by atoms with Crippen LogP contribution in [0.5, 0.6) is 0 Å². The van der Waals surface area contributed by atoms with Gasteiger partial charge in [-0.1, -0.05) is 46.9 Å². The Bertz CT molecular complexity index is 319. The van der Waals surface area contributed by atoms with Gasteiger partial charge in [0.05, 0.1) is 12.5 Å². The highest BCUT2D eigenvalue weighted by Gasteiger charge is 2.15. The third-order valence-corrected chi connectivity index (χ3v) is 3.15. The number of ether oxygens (including phenoxy) is 1. The second-order valence-corrected chi connectivity index (χ2v) is 4.11. The highest BCUT2D eigenvalue weighted by molar-refractivity contribution is 14.1. The van der Waals surface area contributed by atoms with Gasteiger partial charge in [0.15, 0.2) is 0 Å². The van der Waals surface area contributed by atoms with E-state index < -0.39 is 0 Å². The quantitative estimate of drug-likeness (QED) is 0.484. The first-order valence-corrected chi connectivity index (χ1v) is 6.53. The van der Waals surface area contributed by atoms with Crippen LogP contribution in [-0.2, 0) is 14.0 Å². The first-order chi connectivity index (χ1) is 7.19. The Balaban J connectivity index is 2.73. The molecule has 0 heterocycles. The topological polar surface area (TPSA) is 26.3 Å². The second-order valence-electron chi connectivity index (χ2n) is 3.35. The molecule has 0 aliphatic heterocycles. The monoisotopic (exact) mass is 318 g/mol. The number of rotatable bonds is 4. The fraction of sp³-hybridized carbons (Fsp3) is 0.417. The summed E-state index contributed by atoms with van der Waals surface area (Å²) in [6, 6.07) is 8.10. The highest BCUT2D eigenvalue weighted by Crippen LogP contribution is 2.18. The molecule has 82 valence electrons. The fourth-order valence-electron chi connectivity index (χ4n) is 1.30. The Morgan fingerprint density at radius 3 is 2.47 bits per heavy atom. The van der Waals surface area contributed by atoms with Gasteiger partial charge < -0.3 is 4.74 Å². The molecule has 0 amide bonds. The molecule has 0 saturated heterocycles. The molecular weight excluding hydrogens is 303 g/mol. The van der Waals surface area contributed by atoms with E-state index in [9.17, 15) is 4.79 Å². The lowest BCUT2D eigenvalue weighted by atomic mass is 10.0. The van der Waals surface area contributed by atoms with Crippen LogP contribution in [0.4, 0.5) is 0 Å². The standard InChI is InChI=1S/C12H15IO2/c1-3-15-12(14)9(2)11-6-4-10(8-13)5-7-11/h4-7,9H,3,8H2,1-2H3. The Morgan fingerprint density at radius 2 is 2.00 bits per heavy atom. The summed E-state index contributed by atoms with van der Waals surface area (Å²) >= 11 is 2.32. The van der Waals surface area contributed by atoms with Crippen molar-refractivity contribution in [3.63, 3.8) is 0 Å². The van der Waals surface area contributed by atoms with Crippen molar-refractivity contribution in [2.75, 3.05) is 6.61 Å². The van der Waals surface area contributed by atoms with E-state index in [2.05, 4.69) is 34.7 Å². The zero-order chi connectivity index (χ0) is 11.3. The molecule has 1 rings (SSSR count). The van der Waals surface area contributed by atoms with E-state index >= 15 is 0 Å². The summed E-state index contributed by atoms with van der Waals surface area (Å²) in [5.74, 6) is -0.326. The van der Waals surface area contributed by atoms with Crippen molar-refractivity contribution in [1.82, 2.24) is 0 Å². The van der Waals surface area contributed by atoms with Gasteiger partial charge in [-0.15, -0.1) is 0 Å². The molecule has 1 unspecified atom stereocenters. The predicted octanol–water partition coefficient (Wildman–Crippen LogP) is 3.29. The number of esters is 1. The zero-order valence-corrected chi connectivity index (χ0v) is 11.2. The Hall–Kier alpha value is -0.580. The molecule has 0 aliphatic rings. The van der Waals surface area contributed by atoms with Gasteiger partial charge in [-0.25, -0.2) is 0 Å². The number of hydrogen-bond donors (Lipinski definition) is 0. The average molecular weight is 318 g/mol. The first kappa shape index (κ1) is 12.5. The van der Waals surface area contributed by atoms with Crippen LogP contribution in [-0.4, -0.2) is 12.6 Å². The molecule has 1 aromatic carbocycles. The van der Waals surface area contributed by atoms with Gasteiger partial charge >= 0.3 is 5.97 Å². The van der Waals surface area contributed by atoms with Gasteiger partial charge in [0.25, 0.3) is 0 Å². The van der Waals surface area contributed by atoms with E-state index in [1.807, 2.05) is 26.0 Å². The normalized spacial score (nSPS) is 12.2. The number of benzene rings is 1. The summed E-state index contributed by atoms with van der Waals surface area (Å²) in [7, 11) is 0. The van der Waals surface area contributed by atoms with Gasteiger partial charge in [0, 0.05) is 4.43 Å². The lowest BCUT2D eigenvalue weighted by Gasteiger charge is -2.10. The molecule has 0 aliphatic carbocycles. The van der Waals surface area contributed by atoms with Crippen molar-refractivity contribution in [2.45, 2.75) is 24.2 Å². The maximum atomic E-state index is 11.5. The number of hydrogen-bond acceptors (Lipinski definition) is 2. The summed E-state index contributed by atoms with van der Waals surface area (Å²) in [6.07, 6.45) is 0. The molecule has 0 saturated carbocycles. The molecule has 2 nitrogen and oxygen atoms in total. The zero-order valence-electron chi connectivity index (χ0n) is 9.00. The van der Waals surface area contributed by atoms with Crippen LogP contribution in [0.25, 0.3) is 0 Å². The largest absolute Gasteiger partial charge is 0.466 e. The third kappa shape index (κ3) is 3.48. The number of carbonyl (C=O) groups is 1. The molecule has 15 heavy (non-hydrogen) atoms. The third-order valence-electron chi connectivity index (χ3n) is 2.27. The summed E-state index contributed by atoms with van der Waals surface area (Å²) in [6.45, 7) is 4.13. The molecular formula is C12H15IO2. The van der Waals surface area contributed by atoms with Crippen LogP contribution in [0.15, 0.2) is 24.3 Å². The number of carbonyl (C=O) groups excluding carboxylic acids is 1. The minimum atomic E-state index is -0.173. The molecule has 0 fully saturated rings. The Morgan fingerprint density at radius 1 is 1.40 bits per heavy atom. The van der Waals surface area contributed by atoms with E-state index in [4.69, 9.17) is 4.74 Å². The van der Waals surface area contributed by atoms with E-state index in [1.165, 1.54) is 5.56 Å². The van der Waals surface area contributed by atoms with E-state index in [-0.39, 0.29) is 11.9 Å². The van der Waals surface area contributed by atoms with Crippen LogP contribution in [0.2, 0.25) is 0 Å². The molecule has 0 radical (unpaired) electrons. The van der Waals surface area contributed by atoms with E-state index in [1.54, 1.807) is 0 Å². The van der Waals surface area contributed by atoms with Gasteiger partial charge in [-0.3, -0.25) is 4.79 Å². The van der Waals surface area contributed by atoms with Crippen LogP contribution in [0.3, 0.4) is 0 Å². The Kier molecular flexibility index (Phi) is 5.08. The summed E-state index contributed by atoms with van der Waals surface area (Å²) < 4.78 is 5.97. The molecule has 0 aromatic heterocycles. The smallest absolute Gasteiger partial charge is 0.313 e. The van der Waals surface area contributed by atoms with Gasteiger partial charge in [0.1, 0.15) is 0 Å². The highest BCUT2D eigenvalue weighted by atomic mass is 127. The maximum absolute atomic E-state index is 11.5. The van der Waals surface area contributed by atoms with Crippen LogP contribution in [0.1, 0.15) is 30.9 Å². The van der Waals surface area contributed by atoms with Crippen LogP contribution < -0.4 is 0 Å². The minimum absolute atomic E-state index is 0.153. The summed E-state index contributed by atoms with van der Waals surface area (Å²) in [5.41, 5.74) is 2.29.